The topological polar surface area (TPSA) is 55.4 Å². The van der Waals surface area contributed by atoms with E-state index in [4.69, 9.17) is 0 Å². The molecule has 18 heavy (non-hydrogen) atoms. The number of carbonyl (C=O) groups excluding carboxylic acids is 2. The second-order valence-electron chi connectivity index (χ2n) is 3.40. The highest BCUT2D eigenvalue weighted by atomic mass is 19.1. The molecule has 1 amide bonds. The largest absolute Gasteiger partial charge is 0.464 e. The Bertz CT molecular complexity index is 512. The van der Waals surface area contributed by atoms with Crippen LogP contribution in [0.4, 0.5) is 8.78 Å². The summed E-state index contributed by atoms with van der Waals surface area (Å²) in [5.74, 6) is -2.75. The first-order valence-electron chi connectivity index (χ1n) is 4.96. The molecule has 0 aromatic heterocycles. The zero-order chi connectivity index (χ0) is 13.7. The van der Waals surface area contributed by atoms with Crippen molar-refractivity contribution in [2.45, 2.75) is 6.92 Å². The lowest BCUT2D eigenvalue weighted by Gasteiger charge is -2.06. The summed E-state index contributed by atoms with van der Waals surface area (Å²) in [7, 11) is 1.11. The van der Waals surface area contributed by atoms with Gasteiger partial charge in [0.25, 0.3) is 0 Å². The quantitative estimate of drug-likeness (QED) is 0.659. The van der Waals surface area contributed by atoms with Gasteiger partial charge in [-0.15, -0.1) is 0 Å². The maximum atomic E-state index is 13.4. The summed E-state index contributed by atoms with van der Waals surface area (Å²) in [4.78, 5) is 22.2. The molecular weight excluding hydrogens is 244 g/mol. The van der Waals surface area contributed by atoms with Crippen molar-refractivity contribution in [3.8, 4) is 0 Å². The number of hydrogen-bond donors (Lipinski definition) is 1. The minimum atomic E-state index is -0.853. The molecule has 1 rings (SSSR count). The standard InChI is InChI=1S/C12H11F2NO3/c1-7(16)15-11(12(17)18-2)6-8-5-9(13)3-4-10(8)14/h3-6H,1-2H3,(H,15,16). The number of hydrogen-bond acceptors (Lipinski definition) is 3. The summed E-state index contributed by atoms with van der Waals surface area (Å²) in [5, 5.41) is 2.18. The second-order valence-corrected chi connectivity index (χ2v) is 3.40. The first-order valence-corrected chi connectivity index (χ1v) is 4.96. The molecule has 0 bridgehead atoms. The minimum Gasteiger partial charge on any atom is -0.464 e. The number of nitrogens with one attached hydrogen (secondary N) is 1. The number of rotatable bonds is 3. The maximum absolute atomic E-state index is 13.4. The first kappa shape index (κ1) is 13.8. The highest BCUT2D eigenvalue weighted by Gasteiger charge is 2.12. The fourth-order valence-electron chi connectivity index (χ4n) is 1.23. The maximum Gasteiger partial charge on any atom is 0.354 e. The van der Waals surface area contributed by atoms with Gasteiger partial charge in [-0.2, -0.15) is 0 Å². The van der Waals surface area contributed by atoms with Gasteiger partial charge in [0.1, 0.15) is 17.3 Å². The molecule has 1 aromatic rings. The number of ether oxygens (including phenoxy) is 1. The molecule has 4 nitrogen and oxygen atoms in total. The third-order valence-corrected chi connectivity index (χ3v) is 1.97. The van der Waals surface area contributed by atoms with E-state index in [1.54, 1.807) is 0 Å². The molecule has 1 N–H and O–H groups in total. The van der Waals surface area contributed by atoms with Gasteiger partial charge in [0.05, 0.1) is 7.11 Å². The smallest absolute Gasteiger partial charge is 0.354 e. The van der Waals surface area contributed by atoms with Gasteiger partial charge >= 0.3 is 5.97 Å². The van der Waals surface area contributed by atoms with E-state index in [0.29, 0.717) is 0 Å². The predicted molar refractivity (Wildman–Crippen MR) is 60.2 cm³/mol. The van der Waals surface area contributed by atoms with Crippen LogP contribution in [0, 0.1) is 11.6 Å². The van der Waals surface area contributed by atoms with Crippen LogP contribution >= 0.6 is 0 Å². The van der Waals surface area contributed by atoms with Gasteiger partial charge in [-0.05, 0) is 24.3 Å². The molecule has 0 saturated carbocycles. The summed E-state index contributed by atoms with van der Waals surface area (Å²) in [6, 6.07) is 2.77. The molecule has 0 radical (unpaired) electrons. The third-order valence-electron chi connectivity index (χ3n) is 1.97. The van der Waals surface area contributed by atoms with E-state index in [2.05, 4.69) is 10.1 Å². The highest BCUT2D eigenvalue weighted by Crippen LogP contribution is 2.13. The van der Waals surface area contributed by atoms with Crippen LogP contribution in [0.5, 0.6) is 0 Å². The average Bonchev–Trinajstić information content (AvgIpc) is 2.31. The first-order chi connectivity index (χ1) is 8.43. The molecule has 0 heterocycles. The molecule has 0 aliphatic carbocycles. The molecule has 1 aromatic carbocycles. The normalized spacial score (nSPS) is 11.0. The lowest BCUT2D eigenvalue weighted by Crippen LogP contribution is -2.25. The van der Waals surface area contributed by atoms with E-state index in [0.717, 1.165) is 31.4 Å². The van der Waals surface area contributed by atoms with Crippen molar-refractivity contribution >= 4 is 18.0 Å². The molecule has 0 saturated heterocycles. The lowest BCUT2D eigenvalue weighted by molar-refractivity contribution is -0.137. The van der Waals surface area contributed by atoms with Crippen molar-refractivity contribution in [3.63, 3.8) is 0 Å². The second kappa shape index (κ2) is 5.90. The van der Waals surface area contributed by atoms with Crippen LogP contribution in [0.15, 0.2) is 23.9 Å². The van der Waals surface area contributed by atoms with E-state index < -0.39 is 23.5 Å². The van der Waals surface area contributed by atoms with Gasteiger partial charge in [0.15, 0.2) is 0 Å². The van der Waals surface area contributed by atoms with Crippen molar-refractivity contribution < 1.29 is 23.1 Å². The monoisotopic (exact) mass is 255 g/mol. The molecule has 0 unspecified atom stereocenters. The Kier molecular flexibility index (Phi) is 4.53. The number of carbonyl (C=O) groups is 2. The van der Waals surface area contributed by atoms with Crippen LogP contribution in [0.3, 0.4) is 0 Å². The van der Waals surface area contributed by atoms with Gasteiger partial charge in [-0.3, -0.25) is 4.79 Å². The van der Waals surface area contributed by atoms with Gasteiger partial charge in [0, 0.05) is 12.5 Å². The van der Waals surface area contributed by atoms with Gasteiger partial charge in [0.2, 0.25) is 5.91 Å². The van der Waals surface area contributed by atoms with Crippen LogP contribution in [-0.2, 0) is 14.3 Å². The average molecular weight is 255 g/mol. The van der Waals surface area contributed by atoms with Crippen molar-refractivity contribution in [1.82, 2.24) is 5.32 Å². The van der Waals surface area contributed by atoms with Gasteiger partial charge in [-0.1, -0.05) is 0 Å². The number of halogens is 2. The van der Waals surface area contributed by atoms with E-state index in [-0.39, 0.29) is 11.3 Å². The van der Waals surface area contributed by atoms with Crippen LogP contribution in [0.25, 0.3) is 6.08 Å². The predicted octanol–water partition coefficient (Wildman–Crippen LogP) is 1.61. The highest BCUT2D eigenvalue weighted by molar-refractivity contribution is 5.97. The summed E-state index contributed by atoms with van der Waals surface area (Å²) < 4.78 is 30.7. The van der Waals surface area contributed by atoms with Crippen molar-refractivity contribution in [2.24, 2.45) is 0 Å². The minimum absolute atomic E-state index is 0.163. The molecule has 96 valence electrons. The van der Waals surface area contributed by atoms with Crippen LogP contribution in [0.1, 0.15) is 12.5 Å². The number of amides is 1. The Balaban J connectivity index is 3.18. The fraction of sp³-hybridized carbons (Fsp3) is 0.167. The lowest BCUT2D eigenvalue weighted by atomic mass is 10.1. The summed E-state index contributed by atoms with van der Waals surface area (Å²) in [6.07, 6.45) is 1.01. The van der Waals surface area contributed by atoms with Crippen molar-refractivity contribution in [2.75, 3.05) is 7.11 Å². The van der Waals surface area contributed by atoms with E-state index >= 15 is 0 Å². The molecule has 0 spiro atoms. The molecule has 0 aliphatic heterocycles. The molecule has 6 heteroatoms. The Morgan fingerprint density at radius 1 is 1.33 bits per heavy atom. The molecule has 0 atom stereocenters. The Hall–Kier alpha value is -2.24. The summed E-state index contributed by atoms with van der Waals surface area (Å²) in [6.45, 7) is 1.18. The Labute approximate surface area is 102 Å². The summed E-state index contributed by atoms with van der Waals surface area (Å²) >= 11 is 0. The van der Waals surface area contributed by atoms with Crippen LogP contribution in [-0.4, -0.2) is 19.0 Å². The number of benzene rings is 1. The zero-order valence-electron chi connectivity index (χ0n) is 9.79. The van der Waals surface area contributed by atoms with E-state index in [1.807, 2.05) is 0 Å². The SMILES string of the molecule is COC(=O)C(=Cc1cc(F)ccc1F)NC(C)=O. The van der Waals surface area contributed by atoms with Crippen molar-refractivity contribution in [3.05, 3.63) is 41.1 Å². The fourth-order valence-corrected chi connectivity index (χ4v) is 1.23. The molecule has 0 aliphatic rings. The zero-order valence-corrected chi connectivity index (χ0v) is 9.79. The number of methoxy groups -OCH3 is 1. The van der Waals surface area contributed by atoms with E-state index in [9.17, 15) is 18.4 Å². The summed E-state index contributed by atoms with van der Waals surface area (Å²) in [5.41, 5.74) is -0.432. The van der Waals surface area contributed by atoms with Gasteiger partial charge < -0.3 is 10.1 Å². The molecular formula is C12H11F2NO3. The van der Waals surface area contributed by atoms with Crippen LogP contribution < -0.4 is 5.32 Å². The Morgan fingerprint density at radius 2 is 2.00 bits per heavy atom. The van der Waals surface area contributed by atoms with Gasteiger partial charge in [-0.25, -0.2) is 13.6 Å². The third kappa shape index (κ3) is 3.65. The van der Waals surface area contributed by atoms with Crippen LogP contribution in [0.2, 0.25) is 0 Å². The van der Waals surface area contributed by atoms with E-state index in [1.165, 1.54) is 6.92 Å². The number of esters is 1. The molecule has 0 fully saturated rings. The van der Waals surface area contributed by atoms with Crippen molar-refractivity contribution in [1.29, 1.82) is 0 Å². The Morgan fingerprint density at radius 3 is 2.56 bits per heavy atom.